The summed E-state index contributed by atoms with van der Waals surface area (Å²) in [6, 6.07) is 0. The van der Waals surface area contributed by atoms with Crippen molar-refractivity contribution in [2.45, 2.75) is 0 Å². The number of nitrogens with zero attached hydrogens (tertiary/aromatic N) is 2. The van der Waals surface area contributed by atoms with Crippen LogP contribution in [-0.4, -0.2) is 9.97 Å². The largest absolute Gasteiger partial charge is 0.258 e. The van der Waals surface area contributed by atoms with Crippen LogP contribution >= 0.6 is 0 Å². The van der Waals surface area contributed by atoms with Crippen LogP contribution in [0.2, 0.25) is 0 Å². The Kier molecular flexibility index (Phi) is 1.20. The van der Waals surface area contributed by atoms with Crippen molar-refractivity contribution < 1.29 is 4.39 Å². The van der Waals surface area contributed by atoms with E-state index in [-0.39, 0.29) is 0 Å². The van der Waals surface area contributed by atoms with Crippen molar-refractivity contribution >= 4 is 0 Å². The lowest BCUT2D eigenvalue weighted by Crippen LogP contribution is -1.86. The van der Waals surface area contributed by atoms with Crippen molar-refractivity contribution in [2.24, 2.45) is 0 Å². The standard InChI is InChI=1S/C5H4FN2/c1-4-2-7-3-5(6)8-4/h2-3H,1H2. The summed E-state index contributed by atoms with van der Waals surface area (Å²) in [5.41, 5.74) is 0.352. The third-order valence-corrected chi connectivity index (χ3v) is 0.655. The van der Waals surface area contributed by atoms with Gasteiger partial charge in [0.05, 0.1) is 11.9 Å². The monoisotopic (exact) mass is 111 g/mol. The van der Waals surface area contributed by atoms with Gasteiger partial charge in [0.1, 0.15) is 0 Å². The Morgan fingerprint density at radius 2 is 2.25 bits per heavy atom. The summed E-state index contributed by atoms with van der Waals surface area (Å²) in [6.07, 6.45) is 2.43. The molecule has 0 aliphatic rings. The van der Waals surface area contributed by atoms with Crippen molar-refractivity contribution in [3.8, 4) is 0 Å². The zero-order chi connectivity index (χ0) is 5.98. The Balaban J connectivity index is 3.08. The van der Waals surface area contributed by atoms with Gasteiger partial charge in [-0.25, -0.2) is 4.98 Å². The lowest BCUT2D eigenvalue weighted by atomic mass is 10.5. The van der Waals surface area contributed by atoms with E-state index in [0.29, 0.717) is 5.69 Å². The quantitative estimate of drug-likeness (QED) is 0.494. The van der Waals surface area contributed by atoms with Crippen LogP contribution in [-0.2, 0) is 0 Å². The molecule has 0 saturated heterocycles. The molecular weight excluding hydrogens is 107 g/mol. The molecule has 41 valence electrons. The van der Waals surface area contributed by atoms with Gasteiger partial charge in [-0.3, -0.25) is 4.98 Å². The first-order valence-electron chi connectivity index (χ1n) is 2.08. The smallest absolute Gasteiger partial charge is 0.231 e. The first-order chi connectivity index (χ1) is 3.79. The molecule has 2 nitrogen and oxygen atoms in total. The number of hydrogen-bond acceptors (Lipinski definition) is 2. The van der Waals surface area contributed by atoms with Crippen LogP contribution in [0.1, 0.15) is 5.69 Å². The summed E-state index contributed by atoms with van der Waals surface area (Å²) in [5, 5.41) is 0. The second-order valence-corrected chi connectivity index (χ2v) is 1.33. The van der Waals surface area contributed by atoms with E-state index in [1.165, 1.54) is 6.20 Å². The highest BCUT2D eigenvalue weighted by atomic mass is 19.1. The molecule has 0 unspecified atom stereocenters. The van der Waals surface area contributed by atoms with Crippen LogP contribution < -0.4 is 0 Å². The van der Waals surface area contributed by atoms with Gasteiger partial charge in [0.15, 0.2) is 0 Å². The molecule has 0 N–H and O–H groups in total. The second kappa shape index (κ2) is 1.86. The number of hydrogen-bond donors (Lipinski definition) is 0. The molecule has 0 fully saturated rings. The van der Waals surface area contributed by atoms with Crippen LogP contribution in [0.3, 0.4) is 0 Å². The normalized spacial score (nSPS) is 9.25. The molecule has 8 heavy (non-hydrogen) atoms. The average Bonchev–Trinajstić information content (AvgIpc) is 1.64. The summed E-state index contributed by atoms with van der Waals surface area (Å²) in [7, 11) is 0. The van der Waals surface area contributed by atoms with Crippen molar-refractivity contribution in [2.75, 3.05) is 0 Å². The zero-order valence-electron chi connectivity index (χ0n) is 4.13. The van der Waals surface area contributed by atoms with Crippen LogP contribution in [0.4, 0.5) is 4.39 Å². The maximum Gasteiger partial charge on any atom is 0.231 e. The minimum atomic E-state index is -0.586. The van der Waals surface area contributed by atoms with Gasteiger partial charge in [0.2, 0.25) is 5.95 Å². The highest BCUT2D eigenvalue weighted by molar-refractivity contribution is 4.98. The summed E-state index contributed by atoms with van der Waals surface area (Å²) >= 11 is 0. The van der Waals surface area contributed by atoms with Gasteiger partial charge in [-0.15, -0.1) is 0 Å². The molecule has 0 aliphatic heterocycles. The minimum Gasteiger partial charge on any atom is -0.258 e. The van der Waals surface area contributed by atoms with E-state index in [1.54, 1.807) is 0 Å². The molecule has 1 heterocycles. The molecule has 0 saturated carbocycles. The third kappa shape index (κ3) is 0.992. The van der Waals surface area contributed by atoms with Gasteiger partial charge in [0.25, 0.3) is 0 Å². The molecule has 0 bridgehead atoms. The van der Waals surface area contributed by atoms with Gasteiger partial charge in [-0.1, -0.05) is 0 Å². The zero-order valence-corrected chi connectivity index (χ0v) is 4.13. The average molecular weight is 111 g/mol. The van der Waals surface area contributed by atoms with E-state index in [1.807, 2.05) is 0 Å². The number of halogens is 1. The van der Waals surface area contributed by atoms with E-state index in [0.717, 1.165) is 6.20 Å². The fraction of sp³-hybridized carbons (Fsp3) is 0. The summed E-state index contributed by atoms with van der Waals surface area (Å²) in [6.45, 7) is 3.37. The number of rotatable bonds is 0. The summed E-state index contributed by atoms with van der Waals surface area (Å²) < 4.78 is 12.0. The van der Waals surface area contributed by atoms with Gasteiger partial charge < -0.3 is 0 Å². The highest BCUT2D eigenvalue weighted by Gasteiger charge is 1.87. The van der Waals surface area contributed by atoms with Crippen LogP contribution in [0.15, 0.2) is 12.4 Å². The summed E-state index contributed by atoms with van der Waals surface area (Å²) in [5.74, 6) is -0.586. The summed E-state index contributed by atoms with van der Waals surface area (Å²) in [4.78, 5) is 6.82. The molecule has 0 spiro atoms. The molecule has 1 radical (unpaired) electrons. The molecule has 0 amide bonds. The molecule has 0 atom stereocenters. The van der Waals surface area contributed by atoms with Crippen LogP contribution in [0.5, 0.6) is 0 Å². The van der Waals surface area contributed by atoms with E-state index in [9.17, 15) is 4.39 Å². The van der Waals surface area contributed by atoms with Gasteiger partial charge in [-0.2, -0.15) is 4.39 Å². The van der Waals surface area contributed by atoms with E-state index < -0.39 is 5.95 Å². The Labute approximate surface area is 46.4 Å². The fourth-order valence-electron chi connectivity index (χ4n) is 0.380. The van der Waals surface area contributed by atoms with E-state index >= 15 is 0 Å². The van der Waals surface area contributed by atoms with Crippen molar-refractivity contribution in [1.82, 2.24) is 9.97 Å². The van der Waals surface area contributed by atoms with Gasteiger partial charge >= 0.3 is 0 Å². The Bertz CT molecular complexity index is 170. The molecule has 1 aromatic rings. The van der Waals surface area contributed by atoms with Gasteiger partial charge in [-0.05, 0) is 6.92 Å². The predicted molar refractivity (Wildman–Crippen MR) is 26.4 cm³/mol. The first kappa shape index (κ1) is 5.15. The first-order valence-corrected chi connectivity index (χ1v) is 2.08. The van der Waals surface area contributed by atoms with E-state index in [2.05, 4.69) is 16.9 Å². The Morgan fingerprint density at radius 1 is 1.50 bits per heavy atom. The molecule has 3 heteroatoms. The Morgan fingerprint density at radius 3 is 2.62 bits per heavy atom. The topological polar surface area (TPSA) is 25.8 Å². The molecule has 1 aromatic heterocycles. The van der Waals surface area contributed by atoms with E-state index in [4.69, 9.17) is 0 Å². The van der Waals surface area contributed by atoms with Crippen LogP contribution in [0, 0.1) is 12.9 Å². The fourth-order valence-corrected chi connectivity index (χ4v) is 0.380. The Hall–Kier alpha value is -0.990. The molecule has 0 aromatic carbocycles. The van der Waals surface area contributed by atoms with Crippen molar-refractivity contribution in [3.05, 3.63) is 31.0 Å². The molecule has 0 aliphatic carbocycles. The maximum atomic E-state index is 12.0. The minimum absolute atomic E-state index is 0.352. The number of aromatic nitrogens is 2. The lowest BCUT2D eigenvalue weighted by molar-refractivity contribution is 0.574. The third-order valence-electron chi connectivity index (χ3n) is 0.655. The molecular formula is C5H4FN2. The second-order valence-electron chi connectivity index (χ2n) is 1.33. The predicted octanol–water partition coefficient (Wildman–Crippen LogP) is 0.798. The van der Waals surface area contributed by atoms with Crippen LogP contribution in [0.25, 0.3) is 0 Å². The highest BCUT2D eigenvalue weighted by Crippen LogP contribution is 1.89. The SMILES string of the molecule is [CH2]c1cncc(F)n1. The van der Waals surface area contributed by atoms with Crippen molar-refractivity contribution in [1.29, 1.82) is 0 Å². The maximum absolute atomic E-state index is 12.0. The van der Waals surface area contributed by atoms with Crippen molar-refractivity contribution in [3.63, 3.8) is 0 Å². The lowest BCUT2D eigenvalue weighted by Gasteiger charge is -1.85. The molecule has 1 rings (SSSR count). The van der Waals surface area contributed by atoms with Gasteiger partial charge in [0, 0.05) is 6.20 Å².